The molecule has 232 valence electrons. The van der Waals surface area contributed by atoms with E-state index >= 15 is 0 Å². The lowest BCUT2D eigenvalue weighted by Crippen LogP contribution is -2.70. The number of aromatic hydroxyl groups is 1. The molecule has 2 heterocycles. The molecule has 1 saturated carbocycles. The van der Waals surface area contributed by atoms with E-state index in [1.54, 1.807) is 13.1 Å². The van der Waals surface area contributed by atoms with Crippen LogP contribution in [0, 0.1) is 11.1 Å². The maximum absolute atomic E-state index is 13.0. The van der Waals surface area contributed by atoms with Gasteiger partial charge in [-0.2, -0.15) is 0 Å². The van der Waals surface area contributed by atoms with Gasteiger partial charge in [-0.15, -0.1) is 0 Å². The van der Waals surface area contributed by atoms with Crippen LogP contribution >= 0.6 is 0 Å². The fraction of sp³-hybridized carbons (Fsp3) is 0.560. The number of piperidine rings is 1. The zero-order valence-electron chi connectivity index (χ0n) is 22.1. The molecule has 5 unspecified atom stereocenters. The molecule has 0 radical (unpaired) electrons. The highest BCUT2D eigenvalue weighted by Crippen LogP contribution is 2.63. The Morgan fingerprint density at radius 2 is 1.40 bits per heavy atom. The second-order valence-electron chi connectivity index (χ2n) is 10.6. The summed E-state index contributed by atoms with van der Waals surface area (Å²) in [7, 11) is 1.77. The number of phenols is 1. The van der Waals surface area contributed by atoms with Crippen LogP contribution in [0.2, 0.25) is 0 Å². The largest absolute Gasteiger partial charge is 0.633 e. The molecule has 9 atom stereocenters. The number of benzene rings is 1. The Morgan fingerprint density at radius 1 is 0.929 bits per heavy atom. The number of hydrogen-bond acceptors (Lipinski definition) is 12. The molecule has 0 amide bonds. The Bertz CT molecular complexity index is 1210. The maximum atomic E-state index is 13.0. The summed E-state index contributed by atoms with van der Waals surface area (Å²) in [6, 6.07) is 3.54. The highest BCUT2D eigenvalue weighted by Gasteiger charge is 2.68. The van der Waals surface area contributed by atoms with Gasteiger partial charge in [0.05, 0.1) is 25.0 Å². The third kappa shape index (κ3) is 5.61. The zero-order chi connectivity index (χ0) is 31.9. The van der Waals surface area contributed by atoms with Gasteiger partial charge in [0.15, 0.2) is 47.8 Å². The molecule has 2 fully saturated rings. The summed E-state index contributed by atoms with van der Waals surface area (Å²) in [6.07, 6.45) is -6.92. The summed E-state index contributed by atoms with van der Waals surface area (Å²) in [4.78, 5) is 51.6. The third-order valence-corrected chi connectivity index (χ3v) is 8.22. The first-order chi connectivity index (χ1) is 19.4. The van der Waals surface area contributed by atoms with Gasteiger partial charge in [-0.05, 0) is 18.1 Å². The van der Waals surface area contributed by atoms with E-state index in [-0.39, 0.29) is 33.6 Å². The number of carboxylic acids is 4. The Kier molecular flexibility index (Phi) is 9.16. The number of ketones is 1. The summed E-state index contributed by atoms with van der Waals surface area (Å²) in [5.41, 5.74) is 1.75. The van der Waals surface area contributed by atoms with Crippen LogP contribution in [0.4, 0.5) is 0 Å². The van der Waals surface area contributed by atoms with Gasteiger partial charge in [-0.3, -0.25) is 4.79 Å². The molecule has 1 aromatic rings. The summed E-state index contributed by atoms with van der Waals surface area (Å²) < 4.78 is 5.76. The van der Waals surface area contributed by atoms with Crippen LogP contribution in [0.1, 0.15) is 30.4 Å². The fourth-order valence-electron chi connectivity index (χ4n) is 6.22. The van der Waals surface area contributed by atoms with Gasteiger partial charge in [0.1, 0.15) is 0 Å². The van der Waals surface area contributed by atoms with Gasteiger partial charge in [0.2, 0.25) is 0 Å². The van der Waals surface area contributed by atoms with Gasteiger partial charge >= 0.3 is 23.9 Å². The SMILES string of the molecule is C[N+]1([O-])CC[C@]23c4c5ccc(O)c4O[C@H]2C(=O)CC[C@H]3[C@H]1C5.O=C(O)C(O)C(O)C(=O)O.O=C(O)C(O)C(O)C(=O)O. The van der Waals surface area contributed by atoms with E-state index < -0.39 is 54.4 Å². The number of likely N-dealkylation sites (N-methyl/N-ethyl adjacent to an activating group) is 1. The number of aliphatic carboxylic acids is 4. The van der Waals surface area contributed by atoms with E-state index in [2.05, 4.69) is 0 Å². The Labute approximate surface area is 236 Å². The number of aliphatic hydroxyl groups is 4. The van der Waals surface area contributed by atoms with Crippen molar-refractivity contribution in [3.63, 3.8) is 0 Å². The van der Waals surface area contributed by atoms with Crippen molar-refractivity contribution in [3.8, 4) is 11.5 Å². The molecule has 4 aliphatic rings. The molecule has 17 heteroatoms. The van der Waals surface area contributed by atoms with Crippen molar-refractivity contribution < 1.29 is 79.3 Å². The molecule has 1 saturated heterocycles. The minimum Gasteiger partial charge on any atom is -0.633 e. The highest BCUT2D eigenvalue weighted by atomic mass is 16.5. The molecular weight excluding hydrogens is 570 g/mol. The zero-order valence-corrected chi connectivity index (χ0v) is 22.1. The Hall–Kier alpha value is -3.87. The van der Waals surface area contributed by atoms with Crippen LogP contribution in [0.3, 0.4) is 0 Å². The van der Waals surface area contributed by atoms with Crippen LogP contribution < -0.4 is 4.74 Å². The molecule has 1 aromatic carbocycles. The summed E-state index contributed by atoms with van der Waals surface area (Å²) in [6.45, 7) is 0.517. The number of carbonyl (C=O) groups excluding carboxylic acids is 1. The molecule has 0 aromatic heterocycles. The van der Waals surface area contributed by atoms with Crippen molar-refractivity contribution >= 4 is 29.7 Å². The lowest BCUT2D eigenvalue weighted by molar-refractivity contribution is -0.899. The average Bonchev–Trinajstić information content (AvgIpc) is 3.28. The molecule has 1 spiro atoms. The summed E-state index contributed by atoms with van der Waals surface area (Å²) in [5.74, 6) is -6.14. The third-order valence-electron chi connectivity index (χ3n) is 8.22. The maximum Gasteiger partial charge on any atom is 0.335 e. The van der Waals surface area contributed by atoms with Crippen molar-refractivity contribution in [2.45, 2.75) is 67.7 Å². The van der Waals surface area contributed by atoms with Crippen LogP contribution in [-0.4, -0.2) is 130 Å². The first kappa shape index (κ1) is 32.6. The molecule has 5 rings (SSSR count). The summed E-state index contributed by atoms with van der Waals surface area (Å²) in [5, 5.41) is 88.2. The minimum atomic E-state index is -2.27. The molecule has 42 heavy (non-hydrogen) atoms. The van der Waals surface area contributed by atoms with E-state index in [0.29, 0.717) is 25.1 Å². The van der Waals surface area contributed by atoms with Crippen molar-refractivity contribution in [2.24, 2.45) is 5.92 Å². The van der Waals surface area contributed by atoms with Crippen LogP contribution in [-0.2, 0) is 35.8 Å². The van der Waals surface area contributed by atoms with Crippen molar-refractivity contribution in [2.75, 3.05) is 13.6 Å². The monoisotopic (exact) mass is 601 g/mol. The number of aliphatic hydroxyl groups excluding tert-OH is 4. The number of quaternary nitrogens is 1. The number of hydroxylamine groups is 3. The number of carboxylic acid groups (broad SMARTS) is 4. The number of hydrogen-bond donors (Lipinski definition) is 9. The Morgan fingerprint density at radius 3 is 1.86 bits per heavy atom. The standard InChI is InChI=1S/C17H19NO4.2C4H6O6/c1-18(21)7-6-17-10-3-5-13(20)16(17)22-15-12(19)4-2-9(14(15)17)8-11(10)18;2*5-1(3(7)8)2(6)4(9)10/h2,4,10-11,16,19H,3,5-8H2,1H3;2*1-2,5-6H,(H,7,8)(H,9,10)/t10-,11+,16-,17-,18?;;/m0../s1. The van der Waals surface area contributed by atoms with Crippen molar-refractivity contribution in [1.82, 2.24) is 0 Å². The number of likely N-dealkylation sites (tertiary alicyclic amines) is 1. The van der Waals surface area contributed by atoms with Crippen LogP contribution in [0.25, 0.3) is 0 Å². The predicted octanol–water partition coefficient (Wildman–Crippen LogP) is -2.60. The Balaban J connectivity index is 0.000000205. The second kappa shape index (κ2) is 11.8. The fourth-order valence-corrected chi connectivity index (χ4v) is 6.22. The first-order valence-corrected chi connectivity index (χ1v) is 12.6. The number of ether oxygens (including phenoxy) is 1. The minimum absolute atomic E-state index is 0.00376. The van der Waals surface area contributed by atoms with Gasteiger partial charge in [-0.1, -0.05) is 6.07 Å². The van der Waals surface area contributed by atoms with E-state index in [1.165, 1.54) is 0 Å². The number of nitrogens with zero attached hydrogens (tertiary/aromatic N) is 1. The van der Waals surface area contributed by atoms with Gasteiger partial charge in [0, 0.05) is 30.7 Å². The highest BCUT2D eigenvalue weighted by molar-refractivity contribution is 5.89. The number of phenolic OH excluding ortho intramolecular Hbond substituents is 1. The molecule has 2 bridgehead atoms. The van der Waals surface area contributed by atoms with Gasteiger partial charge in [0.25, 0.3) is 0 Å². The van der Waals surface area contributed by atoms with Gasteiger partial charge in [-0.25, -0.2) is 19.2 Å². The molecular formula is C25H31NO16. The molecule has 2 aliphatic carbocycles. The van der Waals surface area contributed by atoms with E-state index in [0.717, 1.165) is 24.0 Å². The van der Waals surface area contributed by atoms with Crippen molar-refractivity contribution in [3.05, 3.63) is 28.5 Å². The quantitative estimate of drug-likeness (QED) is 0.119. The normalized spacial score (nSPS) is 30.8. The van der Waals surface area contributed by atoms with E-state index in [9.17, 15) is 34.3 Å². The smallest absolute Gasteiger partial charge is 0.335 e. The van der Waals surface area contributed by atoms with Gasteiger partial charge < -0.3 is 60.5 Å². The van der Waals surface area contributed by atoms with E-state index in [1.807, 2.05) is 6.07 Å². The number of Topliss-reactive ketones (excluding diaryl/α,β-unsaturated/α-hetero) is 1. The average molecular weight is 602 g/mol. The number of carbonyl (C=O) groups is 5. The lowest BCUT2D eigenvalue weighted by atomic mass is 9.51. The predicted molar refractivity (Wildman–Crippen MR) is 133 cm³/mol. The summed E-state index contributed by atoms with van der Waals surface area (Å²) >= 11 is 0. The van der Waals surface area contributed by atoms with Crippen LogP contribution in [0.5, 0.6) is 11.5 Å². The van der Waals surface area contributed by atoms with E-state index in [4.69, 9.17) is 45.6 Å². The van der Waals surface area contributed by atoms with Crippen LogP contribution in [0.15, 0.2) is 12.1 Å². The first-order valence-electron chi connectivity index (χ1n) is 12.6. The topological polar surface area (TPSA) is 300 Å². The number of rotatable bonds is 6. The molecule has 2 aliphatic heterocycles. The lowest BCUT2D eigenvalue weighted by Gasteiger charge is -2.62. The van der Waals surface area contributed by atoms with Crippen molar-refractivity contribution in [1.29, 1.82) is 0 Å². The second-order valence-corrected chi connectivity index (χ2v) is 10.6. The molecule has 9 N–H and O–H groups in total. The molecule has 17 nitrogen and oxygen atoms in total.